The molecule has 2 heteroatoms. The summed E-state index contributed by atoms with van der Waals surface area (Å²) >= 11 is 0. The number of anilines is 2. The Hall–Kier alpha value is -7.42. The topological polar surface area (TPSA) is 12.5 Å². The SMILES string of the molecule is CC1C=C(N(c2ccc(-c3ccc(-c4cccc5ccccc45)cc3)cc2)c2cccc(-c3cc4c5c(cccc5c3)Oc3ccccc3-4)c2)C=CC1c1ccccc1. The first-order valence-corrected chi connectivity index (χ1v) is 20.5. The third-order valence-corrected chi connectivity index (χ3v) is 12.1. The van der Waals surface area contributed by atoms with Gasteiger partial charge in [-0.1, -0.05) is 171 Å². The molecule has 2 atom stereocenters. The highest BCUT2D eigenvalue weighted by Crippen LogP contribution is 2.48. The van der Waals surface area contributed by atoms with Gasteiger partial charge >= 0.3 is 0 Å². The molecule has 0 spiro atoms. The van der Waals surface area contributed by atoms with Gasteiger partial charge in [0.05, 0.1) is 0 Å². The molecule has 2 unspecified atom stereocenters. The monoisotopic (exact) mass is 755 g/mol. The Labute approximate surface area is 345 Å². The molecular formula is C57H41NO. The van der Waals surface area contributed by atoms with Crippen molar-refractivity contribution in [2.75, 3.05) is 4.90 Å². The van der Waals surface area contributed by atoms with E-state index >= 15 is 0 Å². The number of hydrogen-bond acceptors (Lipinski definition) is 2. The first-order chi connectivity index (χ1) is 29.1. The molecule has 0 N–H and O–H groups in total. The van der Waals surface area contributed by atoms with Gasteiger partial charge in [-0.05, 0) is 121 Å². The Bertz CT molecular complexity index is 3080. The molecule has 59 heavy (non-hydrogen) atoms. The lowest BCUT2D eigenvalue weighted by molar-refractivity contribution is 0.487. The van der Waals surface area contributed by atoms with Gasteiger partial charge in [0, 0.05) is 33.9 Å². The molecule has 1 aliphatic heterocycles. The number of benzene rings is 9. The molecule has 0 amide bonds. The summed E-state index contributed by atoms with van der Waals surface area (Å²) in [5.41, 5.74) is 14.3. The van der Waals surface area contributed by atoms with Gasteiger partial charge in [-0.3, -0.25) is 0 Å². The highest BCUT2D eigenvalue weighted by molar-refractivity contribution is 6.06. The lowest BCUT2D eigenvalue weighted by Gasteiger charge is -2.32. The summed E-state index contributed by atoms with van der Waals surface area (Å²) in [5, 5.41) is 4.87. The Balaban J connectivity index is 0.974. The third-order valence-electron chi connectivity index (χ3n) is 12.1. The predicted octanol–water partition coefficient (Wildman–Crippen LogP) is 15.8. The van der Waals surface area contributed by atoms with Crippen molar-refractivity contribution >= 4 is 32.9 Å². The van der Waals surface area contributed by atoms with Crippen LogP contribution < -0.4 is 9.64 Å². The van der Waals surface area contributed by atoms with Gasteiger partial charge < -0.3 is 9.64 Å². The largest absolute Gasteiger partial charge is 0.456 e. The van der Waals surface area contributed by atoms with Crippen LogP contribution in [-0.4, -0.2) is 0 Å². The normalized spacial score (nSPS) is 15.4. The molecule has 1 heterocycles. The highest BCUT2D eigenvalue weighted by atomic mass is 16.5. The van der Waals surface area contributed by atoms with Gasteiger partial charge in [-0.25, -0.2) is 0 Å². The molecule has 9 aromatic rings. The molecule has 1 aliphatic carbocycles. The summed E-state index contributed by atoms with van der Waals surface area (Å²) in [5.74, 6) is 2.44. The molecule has 0 saturated carbocycles. The minimum Gasteiger partial charge on any atom is -0.456 e. The van der Waals surface area contributed by atoms with E-state index in [-0.39, 0.29) is 0 Å². The van der Waals surface area contributed by atoms with E-state index in [2.05, 4.69) is 224 Å². The summed E-state index contributed by atoms with van der Waals surface area (Å²) in [4.78, 5) is 2.41. The van der Waals surface area contributed by atoms with Gasteiger partial charge in [-0.2, -0.15) is 0 Å². The zero-order chi connectivity index (χ0) is 39.3. The second-order valence-electron chi connectivity index (χ2n) is 15.8. The van der Waals surface area contributed by atoms with E-state index in [1.165, 1.54) is 66.4 Å². The van der Waals surface area contributed by atoms with Gasteiger partial charge in [-0.15, -0.1) is 0 Å². The highest BCUT2D eigenvalue weighted by Gasteiger charge is 2.24. The number of para-hydroxylation sites is 1. The average molecular weight is 756 g/mol. The van der Waals surface area contributed by atoms with Crippen LogP contribution in [-0.2, 0) is 0 Å². The van der Waals surface area contributed by atoms with Crippen molar-refractivity contribution in [1.82, 2.24) is 0 Å². The van der Waals surface area contributed by atoms with Gasteiger partial charge in [0.15, 0.2) is 0 Å². The number of fused-ring (bicyclic) bond motifs is 3. The van der Waals surface area contributed by atoms with E-state index in [0.717, 1.165) is 33.8 Å². The van der Waals surface area contributed by atoms with E-state index in [0.29, 0.717) is 11.8 Å². The molecule has 0 bridgehead atoms. The van der Waals surface area contributed by atoms with E-state index < -0.39 is 0 Å². The molecule has 0 saturated heterocycles. The van der Waals surface area contributed by atoms with Crippen molar-refractivity contribution in [3.63, 3.8) is 0 Å². The van der Waals surface area contributed by atoms with Crippen molar-refractivity contribution in [2.45, 2.75) is 12.8 Å². The maximum absolute atomic E-state index is 6.36. The number of allylic oxidation sites excluding steroid dienone is 3. The smallest absolute Gasteiger partial charge is 0.135 e. The summed E-state index contributed by atoms with van der Waals surface area (Å²) in [6, 6.07) is 72.4. The van der Waals surface area contributed by atoms with Crippen molar-refractivity contribution in [1.29, 1.82) is 0 Å². The minimum atomic E-state index is 0.313. The van der Waals surface area contributed by atoms with Crippen LogP contribution in [0, 0.1) is 5.92 Å². The van der Waals surface area contributed by atoms with Gasteiger partial charge in [0.25, 0.3) is 0 Å². The standard InChI is InChI=1S/C57H41NO/c1-38-34-49(32-33-50(38)41-12-3-2-4-13-41)58(47-30-28-40(29-31-47)39-24-26-43(27-25-39)52-21-10-15-42-14-5-6-19-51(42)52)48-18-9-16-44(36-48)46-35-45-17-11-23-56-57(45)54(37-46)53-20-7-8-22-55(53)59-56/h2-38,50H,1H3. The predicted molar refractivity (Wildman–Crippen MR) is 247 cm³/mol. The molecule has 9 aromatic carbocycles. The third kappa shape index (κ3) is 6.31. The Kier molecular flexibility index (Phi) is 8.56. The van der Waals surface area contributed by atoms with Gasteiger partial charge in [0.2, 0.25) is 0 Å². The summed E-state index contributed by atoms with van der Waals surface area (Å²) < 4.78 is 6.36. The Morgan fingerprint density at radius 3 is 1.95 bits per heavy atom. The van der Waals surface area contributed by atoms with Crippen LogP contribution in [0.3, 0.4) is 0 Å². The van der Waals surface area contributed by atoms with Crippen molar-refractivity contribution < 1.29 is 4.74 Å². The van der Waals surface area contributed by atoms with Crippen LogP contribution in [0.1, 0.15) is 18.4 Å². The maximum atomic E-state index is 6.36. The fourth-order valence-electron chi connectivity index (χ4n) is 9.19. The number of rotatable bonds is 7. The number of nitrogens with zero attached hydrogens (tertiary/aromatic N) is 1. The molecule has 0 fully saturated rings. The van der Waals surface area contributed by atoms with E-state index in [1.54, 1.807) is 0 Å². The van der Waals surface area contributed by atoms with E-state index in [1.807, 2.05) is 6.07 Å². The minimum absolute atomic E-state index is 0.313. The Morgan fingerprint density at radius 1 is 0.441 bits per heavy atom. The van der Waals surface area contributed by atoms with Crippen molar-refractivity contribution in [2.24, 2.45) is 5.92 Å². The van der Waals surface area contributed by atoms with E-state index in [4.69, 9.17) is 4.74 Å². The van der Waals surface area contributed by atoms with Crippen LogP contribution in [0.5, 0.6) is 11.5 Å². The van der Waals surface area contributed by atoms with Crippen LogP contribution >= 0.6 is 0 Å². The Morgan fingerprint density at radius 2 is 1.10 bits per heavy atom. The summed E-state index contributed by atoms with van der Waals surface area (Å²) in [6.07, 6.45) is 7.12. The molecule has 280 valence electrons. The average Bonchev–Trinajstić information content (AvgIpc) is 3.30. The van der Waals surface area contributed by atoms with Crippen LogP contribution in [0.15, 0.2) is 224 Å². The maximum Gasteiger partial charge on any atom is 0.135 e. The van der Waals surface area contributed by atoms with E-state index in [9.17, 15) is 0 Å². The number of ether oxygens (including phenoxy) is 1. The number of hydrogen-bond donors (Lipinski definition) is 0. The molecule has 0 radical (unpaired) electrons. The fraction of sp³-hybridized carbons (Fsp3) is 0.0526. The van der Waals surface area contributed by atoms with Crippen LogP contribution in [0.25, 0.3) is 66.1 Å². The zero-order valence-electron chi connectivity index (χ0n) is 32.8. The second kappa shape index (κ2) is 14.5. The zero-order valence-corrected chi connectivity index (χ0v) is 32.8. The molecule has 11 rings (SSSR count). The van der Waals surface area contributed by atoms with Crippen molar-refractivity contribution in [3.05, 3.63) is 230 Å². The first-order valence-electron chi connectivity index (χ1n) is 20.5. The summed E-state index contributed by atoms with van der Waals surface area (Å²) in [7, 11) is 0. The van der Waals surface area contributed by atoms with Crippen LogP contribution in [0.4, 0.5) is 11.4 Å². The second-order valence-corrected chi connectivity index (χ2v) is 15.8. The van der Waals surface area contributed by atoms with Crippen molar-refractivity contribution in [3.8, 4) is 56.0 Å². The van der Waals surface area contributed by atoms with Crippen LogP contribution in [0.2, 0.25) is 0 Å². The molecule has 2 aliphatic rings. The summed E-state index contributed by atoms with van der Waals surface area (Å²) in [6.45, 7) is 2.33. The quantitative estimate of drug-likeness (QED) is 0.161. The molecular weight excluding hydrogens is 715 g/mol. The lowest BCUT2D eigenvalue weighted by atomic mass is 9.83. The first kappa shape index (κ1) is 34.8. The lowest BCUT2D eigenvalue weighted by Crippen LogP contribution is -2.20. The fourth-order valence-corrected chi connectivity index (χ4v) is 9.19. The van der Waals surface area contributed by atoms with Gasteiger partial charge in [0.1, 0.15) is 11.5 Å². The molecule has 2 nitrogen and oxygen atoms in total. The molecule has 0 aromatic heterocycles.